The van der Waals surface area contributed by atoms with Gasteiger partial charge in [0.05, 0.1) is 6.10 Å². The molecule has 2 saturated carbocycles. The summed E-state index contributed by atoms with van der Waals surface area (Å²) in [6.07, 6.45) is 11.4. The molecule has 2 aliphatic rings. The zero-order valence-electron chi connectivity index (χ0n) is 16.3. The molecule has 0 amide bonds. The fourth-order valence-electron chi connectivity index (χ4n) is 5.48. The largest absolute Gasteiger partial charge is 0.389 e. The summed E-state index contributed by atoms with van der Waals surface area (Å²) in [5.74, 6) is 1.08. The van der Waals surface area contributed by atoms with Gasteiger partial charge in [-0.3, -0.25) is 0 Å². The Morgan fingerprint density at radius 1 is 0.923 bits per heavy atom. The van der Waals surface area contributed by atoms with Crippen molar-refractivity contribution >= 4 is 0 Å². The van der Waals surface area contributed by atoms with Crippen LogP contribution in [0.1, 0.15) is 101 Å². The fraction of sp³-hybridized carbons (Fsp3) is 0.739. The van der Waals surface area contributed by atoms with E-state index in [0.717, 1.165) is 43.4 Å². The van der Waals surface area contributed by atoms with E-state index in [1.54, 1.807) is 12.1 Å². The number of benzene rings is 1. The molecule has 1 aromatic carbocycles. The van der Waals surface area contributed by atoms with E-state index in [4.69, 9.17) is 0 Å². The van der Waals surface area contributed by atoms with Crippen molar-refractivity contribution in [2.45, 2.75) is 90.1 Å². The molecule has 0 saturated heterocycles. The van der Waals surface area contributed by atoms with E-state index in [0.29, 0.717) is 5.56 Å². The van der Waals surface area contributed by atoms with Crippen LogP contribution in [0.15, 0.2) is 12.1 Å². The maximum Gasteiger partial charge on any atom is 0.164 e. The van der Waals surface area contributed by atoms with Gasteiger partial charge in [-0.15, -0.1) is 0 Å². The second-order valence-corrected chi connectivity index (χ2v) is 8.73. The topological polar surface area (TPSA) is 20.2 Å². The number of hydrogen-bond donors (Lipinski definition) is 1. The lowest BCUT2D eigenvalue weighted by Crippen LogP contribution is -2.25. The molecule has 1 nitrogen and oxygen atoms in total. The lowest BCUT2D eigenvalue weighted by molar-refractivity contribution is 0.155. The first-order chi connectivity index (χ1) is 12.5. The average molecular weight is 365 g/mol. The van der Waals surface area contributed by atoms with Crippen molar-refractivity contribution in [2.24, 2.45) is 17.8 Å². The molecular weight excluding hydrogens is 330 g/mol. The summed E-state index contributed by atoms with van der Waals surface area (Å²) in [4.78, 5) is 0. The zero-order chi connectivity index (χ0) is 18.7. The predicted molar refractivity (Wildman–Crippen MR) is 102 cm³/mol. The van der Waals surface area contributed by atoms with Crippen molar-refractivity contribution in [3.63, 3.8) is 0 Å². The Labute approximate surface area is 157 Å². The second kappa shape index (κ2) is 8.82. The first-order valence-corrected chi connectivity index (χ1v) is 10.7. The van der Waals surface area contributed by atoms with Gasteiger partial charge in [0, 0.05) is 5.56 Å². The van der Waals surface area contributed by atoms with Crippen molar-refractivity contribution in [2.75, 3.05) is 0 Å². The molecule has 1 atom stereocenters. The maximum absolute atomic E-state index is 14.5. The Kier molecular flexibility index (Phi) is 6.71. The maximum atomic E-state index is 14.5. The highest BCUT2D eigenvalue weighted by Gasteiger charge is 2.32. The smallest absolute Gasteiger partial charge is 0.164 e. The van der Waals surface area contributed by atoms with E-state index >= 15 is 0 Å². The second-order valence-electron chi connectivity index (χ2n) is 8.73. The predicted octanol–water partition coefficient (Wildman–Crippen LogP) is 6.90. The van der Waals surface area contributed by atoms with Gasteiger partial charge in [-0.2, -0.15) is 0 Å². The van der Waals surface area contributed by atoms with Gasteiger partial charge in [0.1, 0.15) is 0 Å². The Morgan fingerprint density at radius 2 is 1.50 bits per heavy atom. The van der Waals surface area contributed by atoms with E-state index in [1.807, 2.05) is 0 Å². The Hall–Kier alpha value is -0.960. The molecule has 2 fully saturated rings. The van der Waals surface area contributed by atoms with Crippen molar-refractivity contribution in [3.8, 4) is 0 Å². The van der Waals surface area contributed by atoms with Crippen molar-refractivity contribution in [1.82, 2.24) is 0 Å². The molecule has 0 spiro atoms. The van der Waals surface area contributed by atoms with Crippen LogP contribution < -0.4 is 0 Å². The van der Waals surface area contributed by atoms with Crippen molar-refractivity contribution < 1.29 is 13.9 Å². The lowest BCUT2D eigenvalue weighted by Gasteiger charge is -2.38. The van der Waals surface area contributed by atoms with Gasteiger partial charge >= 0.3 is 0 Å². The number of rotatable bonds is 5. The van der Waals surface area contributed by atoms with Crippen LogP contribution in [-0.4, -0.2) is 5.11 Å². The van der Waals surface area contributed by atoms with Gasteiger partial charge in [0.15, 0.2) is 11.6 Å². The molecule has 1 unspecified atom stereocenters. The van der Waals surface area contributed by atoms with E-state index in [9.17, 15) is 13.9 Å². The van der Waals surface area contributed by atoms with Gasteiger partial charge in [-0.1, -0.05) is 44.7 Å². The number of halogens is 2. The van der Waals surface area contributed by atoms with E-state index in [1.165, 1.54) is 45.4 Å². The minimum absolute atomic E-state index is 0.0591. The lowest BCUT2D eigenvalue weighted by atomic mass is 9.68. The molecule has 26 heavy (non-hydrogen) atoms. The Bertz CT molecular complexity index is 582. The van der Waals surface area contributed by atoms with Gasteiger partial charge in [0.25, 0.3) is 0 Å². The molecule has 3 rings (SSSR count). The minimum Gasteiger partial charge on any atom is -0.389 e. The van der Waals surface area contributed by atoms with Crippen LogP contribution in [0, 0.1) is 29.4 Å². The Balaban J connectivity index is 1.57. The van der Waals surface area contributed by atoms with Gasteiger partial charge < -0.3 is 5.11 Å². The monoisotopic (exact) mass is 364 g/mol. The fourth-order valence-corrected chi connectivity index (χ4v) is 5.48. The van der Waals surface area contributed by atoms with E-state index < -0.39 is 17.7 Å². The molecule has 0 bridgehead atoms. The van der Waals surface area contributed by atoms with Crippen molar-refractivity contribution in [1.29, 1.82) is 0 Å². The molecule has 2 aliphatic carbocycles. The zero-order valence-corrected chi connectivity index (χ0v) is 16.3. The summed E-state index contributed by atoms with van der Waals surface area (Å²) in [5.41, 5.74) is 0.570. The van der Waals surface area contributed by atoms with Crippen LogP contribution in [0.25, 0.3) is 0 Å². The summed E-state index contributed by atoms with van der Waals surface area (Å²) >= 11 is 0. The highest BCUT2D eigenvalue weighted by atomic mass is 19.2. The van der Waals surface area contributed by atoms with Gasteiger partial charge in [-0.25, -0.2) is 8.78 Å². The number of aliphatic hydroxyl groups is 1. The average Bonchev–Trinajstić information content (AvgIpc) is 2.65. The quantitative estimate of drug-likeness (QED) is 0.602. The molecule has 0 aromatic heterocycles. The summed E-state index contributed by atoms with van der Waals surface area (Å²) < 4.78 is 28.7. The minimum atomic E-state index is -0.975. The molecular formula is C23H34F2O. The van der Waals surface area contributed by atoms with Crippen LogP contribution in [0.3, 0.4) is 0 Å². The molecule has 3 heteroatoms. The van der Waals surface area contributed by atoms with Gasteiger partial charge in [0.2, 0.25) is 0 Å². The first-order valence-electron chi connectivity index (χ1n) is 10.7. The molecule has 146 valence electrons. The number of aliphatic hydroxyl groups excluding tert-OH is 1. The van der Waals surface area contributed by atoms with E-state index in [2.05, 4.69) is 6.92 Å². The highest BCUT2D eigenvalue weighted by Crippen LogP contribution is 2.45. The molecule has 0 heterocycles. The van der Waals surface area contributed by atoms with E-state index in [-0.39, 0.29) is 11.5 Å². The third kappa shape index (κ3) is 4.30. The normalized spacial score (nSPS) is 31.0. The molecule has 1 N–H and O–H groups in total. The van der Waals surface area contributed by atoms with Crippen LogP contribution >= 0.6 is 0 Å². The third-order valence-electron chi connectivity index (χ3n) is 7.06. The molecule has 1 aromatic rings. The summed E-state index contributed by atoms with van der Waals surface area (Å²) in [5, 5.41) is 9.55. The van der Waals surface area contributed by atoms with Crippen LogP contribution in [0.5, 0.6) is 0 Å². The number of hydrogen-bond acceptors (Lipinski definition) is 1. The van der Waals surface area contributed by atoms with Gasteiger partial charge in [-0.05, 0) is 74.7 Å². The third-order valence-corrected chi connectivity index (χ3v) is 7.06. The van der Waals surface area contributed by atoms with Crippen LogP contribution in [0.4, 0.5) is 8.78 Å². The van der Waals surface area contributed by atoms with Crippen LogP contribution in [0.2, 0.25) is 0 Å². The van der Waals surface area contributed by atoms with Crippen molar-refractivity contribution in [3.05, 3.63) is 34.9 Å². The summed E-state index contributed by atoms with van der Waals surface area (Å²) in [7, 11) is 0. The SMILES string of the molecule is CCC[C@H]1CC[C@H]([C@H]2CC[C@H](c3ccc(C(C)O)c(F)c3F)CC2)CC1. The summed E-state index contributed by atoms with van der Waals surface area (Å²) in [6.45, 7) is 3.75. The standard InChI is InChI=1S/C23H34F2O/c1-3-4-16-5-7-17(8-6-16)18-9-11-19(12-10-18)21-14-13-20(15(2)26)22(24)23(21)25/h13-19,26H,3-12H2,1-2H3/t15?,16-,17-,18-,19-. The van der Waals surface area contributed by atoms with Crippen LogP contribution in [-0.2, 0) is 0 Å². The first kappa shape index (κ1) is 19.8. The Morgan fingerprint density at radius 3 is 2.04 bits per heavy atom. The summed E-state index contributed by atoms with van der Waals surface area (Å²) in [6, 6.07) is 3.25. The highest BCUT2D eigenvalue weighted by molar-refractivity contribution is 5.30. The molecule has 0 radical (unpaired) electrons. The molecule has 0 aliphatic heterocycles.